The quantitative estimate of drug-likeness (QED) is 0.159. The Balaban J connectivity index is 0.000000156. The Morgan fingerprint density at radius 1 is 0.689 bits per heavy atom. The summed E-state index contributed by atoms with van der Waals surface area (Å²) in [5.41, 5.74) is 11.5. The van der Waals surface area contributed by atoms with E-state index in [1.54, 1.807) is 26.9 Å². The highest BCUT2D eigenvalue weighted by atomic mass is 16.6. The van der Waals surface area contributed by atoms with Crippen molar-refractivity contribution in [3.63, 3.8) is 0 Å². The number of fused-ring (bicyclic) bond motifs is 2. The van der Waals surface area contributed by atoms with Crippen molar-refractivity contribution >= 4 is 33.6 Å². The van der Waals surface area contributed by atoms with Crippen LogP contribution in [0, 0.1) is 27.7 Å². The first-order valence-electron chi connectivity index (χ1n) is 19.7. The van der Waals surface area contributed by atoms with Crippen LogP contribution in [-0.2, 0) is 9.68 Å². The number of imidazole rings is 2. The number of para-hydroxylation sites is 2. The molecule has 2 atom stereocenters. The van der Waals surface area contributed by atoms with Crippen LogP contribution in [0.1, 0.15) is 57.5 Å². The fourth-order valence-corrected chi connectivity index (χ4v) is 7.37. The lowest BCUT2D eigenvalue weighted by Crippen LogP contribution is -2.38. The van der Waals surface area contributed by atoms with Crippen LogP contribution < -0.4 is 15.0 Å². The van der Waals surface area contributed by atoms with Crippen LogP contribution in [-0.4, -0.2) is 80.1 Å². The Morgan fingerprint density at radius 2 is 1.26 bits per heavy atom. The molecule has 2 aliphatic rings. The molecule has 8 heterocycles. The molecule has 0 spiro atoms. The normalized spacial score (nSPS) is 16.3. The molecule has 0 radical (unpaired) electrons. The highest BCUT2D eigenvalue weighted by Gasteiger charge is 2.31. The third-order valence-corrected chi connectivity index (χ3v) is 10.6. The van der Waals surface area contributed by atoms with Crippen LogP contribution in [0.3, 0.4) is 0 Å². The minimum atomic E-state index is -0.267. The zero-order chi connectivity index (χ0) is 42.2. The fraction of sp³-hybridized carbons (Fsp3) is 0.244. The summed E-state index contributed by atoms with van der Waals surface area (Å²) >= 11 is 0. The van der Waals surface area contributed by atoms with E-state index >= 15 is 0 Å². The van der Waals surface area contributed by atoms with Crippen molar-refractivity contribution in [2.45, 2.75) is 39.8 Å². The van der Waals surface area contributed by atoms with E-state index in [0.29, 0.717) is 48.0 Å². The zero-order valence-corrected chi connectivity index (χ0v) is 34.8. The van der Waals surface area contributed by atoms with Gasteiger partial charge in [0.15, 0.2) is 11.7 Å². The van der Waals surface area contributed by atoms with Gasteiger partial charge >= 0.3 is 0 Å². The fourth-order valence-electron chi connectivity index (χ4n) is 7.37. The highest BCUT2D eigenvalue weighted by Crippen LogP contribution is 2.33. The molecule has 0 fully saturated rings. The van der Waals surface area contributed by atoms with Crippen molar-refractivity contribution in [3.8, 4) is 23.1 Å². The van der Waals surface area contributed by atoms with E-state index in [1.807, 2.05) is 122 Å². The van der Waals surface area contributed by atoms with Gasteiger partial charge in [-0.1, -0.05) is 41.6 Å². The Bertz CT molecular complexity index is 2940. The highest BCUT2D eigenvalue weighted by molar-refractivity contribution is 5.98. The number of oxime groups is 1. The number of pyridine rings is 2. The van der Waals surface area contributed by atoms with Crippen molar-refractivity contribution in [3.05, 3.63) is 143 Å². The topological polar surface area (TPSA) is 165 Å². The van der Waals surface area contributed by atoms with Gasteiger partial charge in [-0.3, -0.25) is 9.83 Å². The summed E-state index contributed by atoms with van der Waals surface area (Å²) in [6.07, 6.45) is 7.31. The molecule has 0 saturated heterocycles. The number of nitrogens with zero attached hydrogens (tertiary/aromatic N) is 9. The van der Waals surface area contributed by atoms with Gasteiger partial charge in [0.2, 0.25) is 11.8 Å². The van der Waals surface area contributed by atoms with Crippen LogP contribution in [0.4, 0.5) is 0 Å². The number of aliphatic imine (C=N–C) groups is 1. The molecule has 2 aliphatic heterocycles. The molecule has 0 saturated carbocycles. The second-order valence-electron chi connectivity index (χ2n) is 14.8. The zero-order valence-electron chi connectivity index (χ0n) is 34.8. The largest absolute Gasteiger partial charge is 0.479 e. The lowest BCUT2D eigenvalue weighted by atomic mass is 10.1. The smallest absolute Gasteiger partial charge is 0.238 e. The van der Waals surface area contributed by atoms with E-state index in [1.165, 1.54) is 0 Å². The van der Waals surface area contributed by atoms with Crippen LogP contribution in [0.2, 0.25) is 0 Å². The van der Waals surface area contributed by atoms with Crippen LogP contribution in [0.5, 0.6) is 11.8 Å². The maximum Gasteiger partial charge on any atom is 0.238 e. The molecule has 16 heteroatoms. The Labute approximate surface area is 351 Å². The molecule has 61 heavy (non-hydrogen) atoms. The van der Waals surface area contributed by atoms with E-state index in [0.717, 1.165) is 67.3 Å². The molecule has 6 aromatic heterocycles. The molecular weight excluding hydrogens is 777 g/mol. The molecule has 2 unspecified atom stereocenters. The molecule has 310 valence electrons. The Kier molecular flexibility index (Phi) is 10.4. The van der Waals surface area contributed by atoms with Gasteiger partial charge in [0, 0.05) is 30.2 Å². The lowest BCUT2D eigenvalue weighted by Gasteiger charge is -2.31. The number of hydroxylamine groups is 1. The van der Waals surface area contributed by atoms with Crippen molar-refractivity contribution in [2.24, 2.45) is 10.1 Å². The number of hydrogen-bond acceptors (Lipinski definition) is 14. The van der Waals surface area contributed by atoms with Gasteiger partial charge in [0.1, 0.15) is 70.7 Å². The standard InChI is InChI=1S/C23H23N5O3.C22H21N5O3/c1-14-6-5-7-16-10-20(31-21(14)16)19-12-30-26-22(27(19)3)17-8-9-18(23(25-17)29-4)28-11-15(2)24-13-28;1-13-5-4-6-15-9-19(30-20(13)15)17-11-29-26-21(24-17)16-7-8-18(22(25-16)28-3)27-10-14(2)23-12-27/h5-11,13,19H,12H2,1-4H3;4-10,12,17H,11H2,1-3H3,(H,24,26). The van der Waals surface area contributed by atoms with Gasteiger partial charge in [0.25, 0.3) is 0 Å². The van der Waals surface area contributed by atoms with E-state index in [-0.39, 0.29) is 12.1 Å². The number of ether oxygens (including phenoxy) is 2. The molecule has 0 bridgehead atoms. The summed E-state index contributed by atoms with van der Waals surface area (Å²) in [6.45, 7) is 8.70. The van der Waals surface area contributed by atoms with Crippen molar-refractivity contribution < 1.29 is 28.0 Å². The Morgan fingerprint density at radius 3 is 1.84 bits per heavy atom. The first kappa shape index (κ1) is 39.0. The minimum absolute atomic E-state index is 0.122. The molecular formula is C45H44N10O6. The van der Waals surface area contributed by atoms with Gasteiger partial charge in [0.05, 0.1) is 38.3 Å². The average molecular weight is 821 g/mol. The number of furan rings is 2. The summed E-state index contributed by atoms with van der Waals surface area (Å²) in [5, 5.41) is 6.41. The summed E-state index contributed by atoms with van der Waals surface area (Å²) in [5.74, 6) is 3.67. The summed E-state index contributed by atoms with van der Waals surface area (Å²) < 4.78 is 27.1. The Hall–Kier alpha value is -7.46. The number of aryl methyl sites for hydroxylation is 4. The van der Waals surface area contributed by atoms with Crippen molar-refractivity contribution in [2.75, 3.05) is 34.5 Å². The van der Waals surface area contributed by atoms with Crippen molar-refractivity contribution in [1.29, 1.82) is 0 Å². The van der Waals surface area contributed by atoms with E-state index in [9.17, 15) is 0 Å². The molecule has 1 N–H and O–H groups in total. The summed E-state index contributed by atoms with van der Waals surface area (Å²) in [7, 11) is 5.15. The van der Waals surface area contributed by atoms with Crippen LogP contribution in [0.25, 0.3) is 33.3 Å². The number of benzene rings is 2. The van der Waals surface area contributed by atoms with E-state index in [2.05, 4.69) is 42.7 Å². The third kappa shape index (κ3) is 7.64. The SMILES string of the molecule is COc1nc(C2=NC(c3cc4cccc(C)c4o3)CON2)ccc1-n1cnc(C)c1.COc1nc(C2=NOCC(c3cc4cccc(C)c4o3)N2C)ccc1-n1cnc(C)c1. The van der Waals surface area contributed by atoms with E-state index in [4.69, 9.17) is 33.0 Å². The molecule has 10 rings (SSSR count). The number of aromatic nitrogens is 6. The van der Waals surface area contributed by atoms with Gasteiger partial charge < -0.3 is 37.2 Å². The van der Waals surface area contributed by atoms with E-state index < -0.39 is 0 Å². The second-order valence-corrected chi connectivity index (χ2v) is 14.8. The first-order valence-corrected chi connectivity index (χ1v) is 19.7. The van der Waals surface area contributed by atoms with Gasteiger partial charge in [-0.15, -0.1) is 0 Å². The van der Waals surface area contributed by atoms with Gasteiger partial charge in [-0.2, -0.15) is 0 Å². The van der Waals surface area contributed by atoms with Crippen LogP contribution >= 0.6 is 0 Å². The van der Waals surface area contributed by atoms with Crippen LogP contribution in [0.15, 0.2) is 117 Å². The molecule has 16 nitrogen and oxygen atoms in total. The predicted molar refractivity (Wildman–Crippen MR) is 229 cm³/mol. The summed E-state index contributed by atoms with van der Waals surface area (Å²) in [4.78, 5) is 35.8. The van der Waals surface area contributed by atoms with Gasteiger partial charge in [-0.05, 0) is 75.2 Å². The average Bonchev–Trinajstić information content (AvgIpc) is 4.11. The molecule has 8 aromatic rings. The molecule has 0 aliphatic carbocycles. The van der Waals surface area contributed by atoms with Gasteiger partial charge in [-0.25, -0.2) is 25.4 Å². The number of methoxy groups -OCH3 is 2. The monoisotopic (exact) mass is 820 g/mol. The molecule has 0 amide bonds. The number of rotatable bonds is 8. The number of likely N-dealkylation sites (N-methyl/N-ethyl adjacent to an activating group) is 1. The number of nitrogens with one attached hydrogen (secondary N) is 1. The number of hydrogen-bond donors (Lipinski definition) is 1. The second kappa shape index (κ2) is 16.3. The predicted octanol–water partition coefficient (Wildman–Crippen LogP) is 7.67. The lowest BCUT2D eigenvalue weighted by molar-refractivity contribution is 0.0580. The molecule has 2 aromatic carbocycles. The van der Waals surface area contributed by atoms with Crippen molar-refractivity contribution in [1.82, 2.24) is 39.5 Å². The minimum Gasteiger partial charge on any atom is -0.479 e. The first-order chi connectivity index (χ1) is 29.7. The number of amidine groups is 2. The third-order valence-electron chi connectivity index (χ3n) is 10.6. The maximum atomic E-state index is 6.19. The summed E-state index contributed by atoms with van der Waals surface area (Å²) in [6, 6.07) is 23.5. The maximum absolute atomic E-state index is 6.19.